The molecule has 0 aliphatic rings. The zero-order valence-corrected chi connectivity index (χ0v) is 5.77. The van der Waals surface area contributed by atoms with Crippen molar-refractivity contribution in [2.45, 2.75) is 0 Å². The number of carbonyl (C=O) groups is 5. The molecule has 0 atom stereocenters. The number of aliphatic hydroxyl groups excluding tert-OH is 1. The molecule has 6 nitrogen and oxygen atoms in total. The number of hydrogen-bond acceptors (Lipinski definition) is 6. The van der Waals surface area contributed by atoms with Gasteiger partial charge < -0.3 is 5.11 Å². The van der Waals surface area contributed by atoms with E-state index in [1.807, 2.05) is 0 Å². The first-order chi connectivity index (χ1) is 5.54. The predicted octanol–water partition coefficient (Wildman–Crippen LogP) is -2.55. The first-order valence-electron chi connectivity index (χ1n) is 2.76. The van der Waals surface area contributed by atoms with Gasteiger partial charge in [-0.2, -0.15) is 0 Å². The van der Waals surface area contributed by atoms with Crippen molar-refractivity contribution in [2.24, 2.45) is 0 Å². The first-order valence-corrected chi connectivity index (χ1v) is 2.76. The molecule has 0 spiro atoms. The number of hydrogen-bond donors (Lipinski definition) is 1. The van der Waals surface area contributed by atoms with E-state index in [4.69, 9.17) is 5.11 Å². The summed E-state index contributed by atoms with van der Waals surface area (Å²) in [5, 5.41) is 8.09. The van der Waals surface area contributed by atoms with E-state index in [2.05, 4.69) is 0 Å². The summed E-state index contributed by atoms with van der Waals surface area (Å²) in [6, 6.07) is 0. The van der Waals surface area contributed by atoms with Gasteiger partial charge in [0.25, 0.3) is 17.3 Å². The number of Topliss-reactive ketones (excluding diaryl/α,β-unsaturated/α-hetero) is 4. The Kier molecular flexibility index (Phi) is 3.65. The largest absolute Gasteiger partial charge is 0.388 e. The molecular weight excluding hydrogens is 168 g/mol. The Labute approximate surface area is 66.2 Å². The average Bonchev–Trinajstić information content (AvgIpc) is 2.12. The van der Waals surface area contributed by atoms with Gasteiger partial charge in [0.05, 0.1) is 0 Å². The molecule has 0 amide bonds. The smallest absolute Gasteiger partial charge is 0.280 e. The number of ketones is 4. The molecule has 0 heterocycles. The van der Waals surface area contributed by atoms with E-state index in [-0.39, 0.29) is 6.29 Å². The Hall–Kier alpha value is -1.69. The molecule has 0 saturated carbocycles. The highest BCUT2D eigenvalue weighted by molar-refractivity contribution is 6.84. The van der Waals surface area contributed by atoms with Crippen molar-refractivity contribution in [3.8, 4) is 0 Å². The second kappa shape index (κ2) is 4.24. The van der Waals surface area contributed by atoms with Gasteiger partial charge in [0, 0.05) is 0 Å². The molecule has 0 saturated heterocycles. The van der Waals surface area contributed by atoms with Crippen LogP contribution in [0.1, 0.15) is 0 Å². The second-order valence-electron chi connectivity index (χ2n) is 1.72. The average molecular weight is 172 g/mol. The van der Waals surface area contributed by atoms with Gasteiger partial charge in [0.1, 0.15) is 6.61 Å². The summed E-state index contributed by atoms with van der Waals surface area (Å²) >= 11 is 0. The van der Waals surface area contributed by atoms with Crippen LogP contribution in [-0.2, 0) is 24.0 Å². The van der Waals surface area contributed by atoms with E-state index in [9.17, 15) is 24.0 Å². The topological polar surface area (TPSA) is 106 Å². The van der Waals surface area contributed by atoms with Crippen LogP contribution in [0.4, 0.5) is 0 Å². The molecular formula is C6H4O6. The molecule has 12 heavy (non-hydrogen) atoms. The third-order valence-corrected chi connectivity index (χ3v) is 0.934. The van der Waals surface area contributed by atoms with E-state index in [0.717, 1.165) is 0 Å². The van der Waals surface area contributed by atoms with Crippen LogP contribution in [0.5, 0.6) is 0 Å². The summed E-state index contributed by atoms with van der Waals surface area (Å²) in [5.41, 5.74) is 0. The minimum Gasteiger partial charge on any atom is -0.388 e. The van der Waals surface area contributed by atoms with E-state index in [1.54, 1.807) is 0 Å². The lowest BCUT2D eigenvalue weighted by atomic mass is 10.1. The minimum atomic E-state index is -1.72. The molecule has 0 aliphatic carbocycles. The fourth-order valence-electron chi connectivity index (χ4n) is 0.364. The van der Waals surface area contributed by atoms with Gasteiger partial charge in [-0.1, -0.05) is 0 Å². The van der Waals surface area contributed by atoms with Crippen LogP contribution in [0.2, 0.25) is 0 Å². The molecule has 6 heteroatoms. The lowest BCUT2D eigenvalue weighted by Gasteiger charge is -1.89. The molecule has 0 bridgehead atoms. The Bertz CT molecular complexity index is 263. The maximum atomic E-state index is 10.4. The van der Waals surface area contributed by atoms with Gasteiger partial charge in [-0.25, -0.2) is 0 Å². The summed E-state index contributed by atoms with van der Waals surface area (Å²) in [4.78, 5) is 51.0. The Morgan fingerprint density at radius 1 is 1.08 bits per heavy atom. The van der Waals surface area contributed by atoms with Crippen LogP contribution in [0.3, 0.4) is 0 Å². The number of rotatable bonds is 5. The van der Waals surface area contributed by atoms with Gasteiger partial charge in [0.2, 0.25) is 5.78 Å². The van der Waals surface area contributed by atoms with Gasteiger partial charge >= 0.3 is 0 Å². The van der Waals surface area contributed by atoms with E-state index >= 15 is 0 Å². The third kappa shape index (κ3) is 2.17. The Morgan fingerprint density at radius 3 is 1.92 bits per heavy atom. The zero-order valence-electron chi connectivity index (χ0n) is 5.77. The number of carbonyl (C=O) groups excluding carboxylic acids is 5. The van der Waals surface area contributed by atoms with Crippen LogP contribution in [-0.4, -0.2) is 41.1 Å². The van der Waals surface area contributed by atoms with Crippen molar-refractivity contribution >= 4 is 29.4 Å². The first kappa shape index (κ1) is 10.3. The summed E-state index contributed by atoms with van der Waals surface area (Å²) < 4.78 is 0. The summed E-state index contributed by atoms with van der Waals surface area (Å²) in [7, 11) is 0. The minimum absolute atomic E-state index is 0.370. The zero-order chi connectivity index (χ0) is 9.72. The van der Waals surface area contributed by atoms with Crippen molar-refractivity contribution < 1.29 is 29.1 Å². The highest BCUT2D eigenvalue weighted by Gasteiger charge is 2.27. The van der Waals surface area contributed by atoms with E-state index < -0.39 is 29.7 Å². The molecule has 0 aromatic heterocycles. The molecule has 1 N–H and O–H groups in total. The van der Waals surface area contributed by atoms with Crippen LogP contribution >= 0.6 is 0 Å². The number of aldehydes is 1. The molecule has 0 fully saturated rings. The molecule has 0 radical (unpaired) electrons. The monoisotopic (exact) mass is 172 g/mol. The lowest BCUT2D eigenvalue weighted by Crippen LogP contribution is -2.32. The summed E-state index contributed by atoms with van der Waals surface area (Å²) in [5.74, 6) is -6.39. The molecule has 0 aliphatic heterocycles. The maximum Gasteiger partial charge on any atom is 0.280 e. The standard InChI is InChI=1S/C6H4O6/c7-1-3(9)5(11)6(12)4(10)2-8/h1,8H,2H2. The molecule has 0 rings (SSSR count). The Balaban J connectivity index is 4.51. The van der Waals surface area contributed by atoms with Crippen molar-refractivity contribution in [1.82, 2.24) is 0 Å². The lowest BCUT2D eigenvalue weighted by molar-refractivity contribution is -0.149. The van der Waals surface area contributed by atoms with Gasteiger partial charge in [-0.05, 0) is 0 Å². The van der Waals surface area contributed by atoms with Crippen molar-refractivity contribution in [3.63, 3.8) is 0 Å². The third-order valence-electron chi connectivity index (χ3n) is 0.934. The van der Waals surface area contributed by atoms with Gasteiger partial charge in [0.15, 0.2) is 6.29 Å². The van der Waals surface area contributed by atoms with E-state index in [1.165, 1.54) is 0 Å². The highest BCUT2D eigenvalue weighted by Crippen LogP contribution is 1.81. The number of aliphatic hydroxyl groups is 1. The van der Waals surface area contributed by atoms with Crippen LogP contribution in [0.25, 0.3) is 0 Å². The molecule has 64 valence electrons. The van der Waals surface area contributed by atoms with Crippen LogP contribution < -0.4 is 0 Å². The van der Waals surface area contributed by atoms with Crippen molar-refractivity contribution in [2.75, 3.05) is 6.61 Å². The molecule has 0 aromatic carbocycles. The van der Waals surface area contributed by atoms with Crippen LogP contribution in [0, 0.1) is 0 Å². The van der Waals surface area contributed by atoms with Crippen molar-refractivity contribution in [1.29, 1.82) is 0 Å². The van der Waals surface area contributed by atoms with E-state index in [0.29, 0.717) is 0 Å². The predicted molar refractivity (Wildman–Crippen MR) is 33.2 cm³/mol. The summed E-state index contributed by atoms with van der Waals surface area (Å²) in [6.07, 6.45) is -0.370. The fraction of sp³-hybridized carbons (Fsp3) is 0.167. The van der Waals surface area contributed by atoms with Gasteiger partial charge in [-0.3, -0.25) is 24.0 Å². The van der Waals surface area contributed by atoms with Crippen molar-refractivity contribution in [3.05, 3.63) is 0 Å². The molecule has 0 unspecified atom stereocenters. The Morgan fingerprint density at radius 2 is 1.58 bits per heavy atom. The second-order valence-corrected chi connectivity index (χ2v) is 1.72. The summed E-state index contributed by atoms with van der Waals surface area (Å²) in [6.45, 7) is -1.16. The maximum absolute atomic E-state index is 10.4. The normalized spacial score (nSPS) is 8.75. The quantitative estimate of drug-likeness (QED) is 0.278. The molecule has 0 aromatic rings. The van der Waals surface area contributed by atoms with Gasteiger partial charge in [-0.15, -0.1) is 0 Å². The highest BCUT2D eigenvalue weighted by atomic mass is 16.3. The van der Waals surface area contributed by atoms with Crippen LogP contribution in [0.15, 0.2) is 0 Å². The fourth-order valence-corrected chi connectivity index (χ4v) is 0.364. The SMILES string of the molecule is O=CC(=O)C(=O)C(=O)C(=O)CO.